The van der Waals surface area contributed by atoms with E-state index in [9.17, 15) is 5.26 Å². The molecular weight excluding hydrogens is 392 g/mol. The molecule has 0 amide bonds. The molecule has 0 aliphatic carbocycles. The Balaban J connectivity index is 1.93. The smallest absolute Gasteiger partial charge is 0.164 e. The molecule has 0 radical (unpaired) electrons. The fraction of sp³-hybridized carbons (Fsp3) is 0.273. The van der Waals surface area contributed by atoms with E-state index in [2.05, 4.69) is 34.9 Å². The maximum Gasteiger partial charge on any atom is 0.164 e. The fourth-order valence-electron chi connectivity index (χ4n) is 3.41. The van der Waals surface area contributed by atoms with E-state index in [1.54, 1.807) is 36.2 Å². The lowest BCUT2D eigenvalue weighted by Gasteiger charge is -2.13. The Morgan fingerprint density at radius 3 is 2.65 bits per heavy atom. The second-order valence-corrected chi connectivity index (χ2v) is 7.48. The minimum atomic E-state index is -0.301. The highest BCUT2D eigenvalue weighted by atomic mass is 16.5. The van der Waals surface area contributed by atoms with Gasteiger partial charge in [0, 0.05) is 17.5 Å². The highest BCUT2D eigenvalue weighted by molar-refractivity contribution is 5.98. The zero-order valence-electron chi connectivity index (χ0n) is 17.7. The number of nitrogens with zero attached hydrogens (tertiary/aromatic N) is 7. The Labute approximate surface area is 179 Å². The van der Waals surface area contributed by atoms with Gasteiger partial charge in [-0.05, 0) is 37.1 Å². The molecule has 9 heteroatoms. The average Bonchev–Trinajstić information content (AvgIpc) is 3.19. The number of hydrogen-bond donors (Lipinski definition) is 1. The van der Waals surface area contributed by atoms with Crippen molar-refractivity contribution in [3.63, 3.8) is 0 Å². The van der Waals surface area contributed by atoms with Crippen LogP contribution in [0.25, 0.3) is 22.3 Å². The van der Waals surface area contributed by atoms with E-state index in [1.807, 2.05) is 13.0 Å². The second-order valence-electron chi connectivity index (χ2n) is 7.48. The van der Waals surface area contributed by atoms with Gasteiger partial charge in [-0.15, -0.1) is 0 Å². The van der Waals surface area contributed by atoms with Gasteiger partial charge in [0.15, 0.2) is 11.5 Å². The molecule has 1 unspecified atom stereocenters. The van der Waals surface area contributed by atoms with E-state index in [-0.39, 0.29) is 12.0 Å². The number of fused-ring (bicyclic) bond motifs is 1. The maximum atomic E-state index is 9.41. The minimum absolute atomic E-state index is 0.276. The van der Waals surface area contributed by atoms with E-state index >= 15 is 0 Å². The zero-order chi connectivity index (χ0) is 22.1. The molecular formula is C22H22N8O. The Bertz CT molecular complexity index is 1300. The SMILES string of the molecule is COc1cc(C#N)cc(-c2nn(C(C)c3nccc(C(C)C)n3)c3ncnc(N)c23)c1. The van der Waals surface area contributed by atoms with Crippen LogP contribution in [0.3, 0.4) is 0 Å². The third-order valence-corrected chi connectivity index (χ3v) is 5.09. The molecule has 1 atom stereocenters. The lowest BCUT2D eigenvalue weighted by Crippen LogP contribution is -2.14. The Morgan fingerprint density at radius 2 is 1.94 bits per heavy atom. The molecule has 4 rings (SSSR count). The highest BCUT2D eigenvalue weighted by Crippen LogP contribution is 2.34. The van der Waals surface area contributed by atoms with Gasteiger partial charge in [-0.2, -0.15) is 10.4 Å². The third-order valence-electron chi connectivity index (χ3n) is 5.09. The first-order chi connectivity index (χ1) is 14.9. The van der Waals surface area contributed by atoms with Crippen LogP contribution >= 0.6 is 0 Å². The summed E-state index contributed by atoms with van der Waals surface area (Å²) >= 11 is 0. The van der Waals surface area contributed by atoms with Crippen molar-refractivity contribution in [2.75, 3.05) is 12.8 Å². The van der Waals surface area contributed by atoms with Gasteiger partial charge in [0.1, 0.15) is 29.6 Å². The number of nitriles is 1. The monoisotopic (exact) mass is 414 g/mol. The highest BCUT2D eigenvalue weighted by Gasteiger charge is 2.23. The minimum Gasteiger partial charge on any atom is -0.497 e. The van der Waals surface area contributed by atoms with Crippen molar-refractivity contribution < 1.29 is 4.74 Å². The first-order valence-corrected chi connectivity index (χ1v) is 9.84. The van der Waals surface area contributed by atoms with Crippen LogP contribution in [0.15, 0.2) is 36.8 Å². The lowest BCUT2D eigenvalue weighted by molar-refractivity contribution is 0.415. The Morgan fingerprint density at radius 1 is 1.13 bits per heavy atom. The van der Waals surface area contributed by atoms with Crippen LogP contribution in [0.1, 0.15) is 49.8 Å². The number of anilines is 1. The van der Waals surface area contributed by atoms with Crippen molar-refractivity contribution in [3.8, 4) is 23.1 Å². The number of ether oxygens (including phenoxy) is 1. The van der Waals surface area contributed by atoms with E-state index in [0.717, 1.165) is 5.69 Å². The first kappa shape index (κ1) is 20.2. The number of hydrogen-bond acceptors (Lipinski definition) is 8. The van der Waals surface area contributed by atoms with Crippen LogP contribution in [-0.4, -0.2) is 36.8 Å². The molecule has 2 N–H and O–H groups in total. The molecule has 31 heavy (non-hydrogen) atoms. The predicted octanol–water partition coefficient (Wildman–Crippen LogP) is 3.48. The van der Waals surface area contributed by atoms with E-state index in [4.69, 9.17) is 20.6 Å². The third kappa shape index (κ3) is 3.64. The first-order valence-electron chi connectivity index (χ1n) is 9.84. The second kappa shape index (κ2) is 7.99. The van der Waals surface area contributed by atoms with Crippen molar-refractivity contribution in [1.29, 1.82) is 5.26 Å². The van der Waals surface area contributed by atoms with Crippen molar-refractivity contribution in [3.05, 3.63) is 53.9 Å². The number of methoxy groups -OCH3 is 1. The molecule has 0 bridgehead atoms. The molecule has 0 fully saturated rings. The molecule has 0 aliphatic rings. The van der Waals surface area contributed by atoms with Crippen molar-refractivity contribution in [2.45, 2.75) is 32.7 Å². The van der Waals surface area contributed by atoms with Crippen LogP contribution in [-0.2, 0) is 0 Å². The summed E-state index contributed by atoms with van der Waals surface area (Å²) in [7, 11) is 1.55. The summed E-state index contributed by atoms with van der Waals surface area (Å²) in [4.78, 5) is 17.7. The molecule has 0 aliphatic heterocycles. The van der Waals surface area contributed by atoms with E-state index < -0.39 is 0 Å². The quantitative estimate of drug-likeness (QED) is 0.525. The molecule has 9 nitrogen and oxygen atoms in total. The summed E-state index contributed by atoms with van der Waals surface area (Å²) in [6, 6.07) is 8.97. The largest absolute Gasteiger partial charge is 0.497 e. The number of aromatic nitrogens is 6. The van der Waals surface area contributed by atoms with Crippen LogP contribution in [0.5, 0.6) is 5.75 Å². The van der Waals surface area contributed by atoms with Crippen molar-refractivity contribution >= 4 is 16.9 Å². The molecule has 3 aromatic heterocycles. The normalized spacial score (nSPS) is 12.1. The zero-order valence-corrected chi connectivity index (χ0v) is 17.7. The Hall–Kier alpha value is -4.06. The number of rotatable bonds is 5. The summed E-state index contributed by atoms with van der Waals surface area (Å²) in [5.74, 6) is 1.76. The Kier molecular flexibility index (Phi) is 5.21. The van der Waals surface area contributed by atoms with Gasteiger partial charge >= 0.3 is 0 Å². The van der Waals surface area contributed by atoms with Gasteiger partial charge in [-0.1, -0.05) is 13.8 Å². The van der Waals surface area contributed by atoms with Gasteiger partial charge in [0.25, 0.3) is 0 Å². The summed E-state index contributed by atoms with van der Waals surface area (Å²) in [6.45, 7) is 6.13. The molecule has 4 aromatic rings. The van der Waals surface area contributed by atoms with Crippen molar-refractivity contribution in [2.24, 2.45) is 0 Å². The van der Waals surface area contributed by atoms with Crippen LogP contribution in [0.4, 0.5) is 5.82 Å². The number of benzene rings is 1. The van der Waals surface area contributed by atoms with Crippen LogP contribution in [0.2, 0.25) is 0 Å². The van der Waals surface area contributed by atoms with Gasteiger partial charge in [-0.3, -0.25) is 0 Å². The van der Waals surface area contributed by atoms with Gasteiger partial charge in [0.2, 0.25) is 0 Å². The number of nitrogen functional groups attached to an aromatic ring is 1. The average molecular weight is 414 g/mol. The maximum absolute atomic E-state index is 9.41. The van der Waals surface area contributed by atoms with Crippen LogP contribution < -0.4 is 10.5 Å². The molecule has 0 spiro atoms. The topological polar surface area (TPSA) is 128 Å². The van der Waals surface area contributed by atoms with E-state index in [0.29, 0.717) is 45.2 Å². The standard InChI is InChI=1S/C22H22N8O/c1-12(2)17-5-6-25-21(28-17)13(3)30-22-18(20(24)26-11-27-22)19(29-30)15-7-14(10-23)8-16(9-15)31-4/h5-9,11-13H,1-4H3,(H2,24,26,27). The molecule has 156 valence electrons. The molecule has 3 heterocycles. The van der Waals surface area contributed by atoms with Gasteiger partial charge in [-0.25, -0.2) is 24.6 Å². The summed E-state index contributed by atoms with van der Waals surface area (Å²) in [5.41, 5.74) is 9.44. The van der Waals surface area contributed by atoms with Crippen LogP contribution in [0, 0.1) is 11.3 Å². The van der Waals surface area contributed by atoms with Gasteiger partial charge in [0.05, 0.1) is 24.1 Å². The molecule has 0 saturated heterocycles. The summed E-state index contributed by atoms with van der Waals surface area (Å²) in [6.07, 6.45) is 3.16. The predicted molar refractivity (Wildman–Crippen MR) is 116 cm³/mol. The van der Waals surface area contributed by atoms with Gasteiger partial charge < -0.3 is 10.5 Å². The summed E-state index contributed by atoms with van der Waals surface area (Å²) in [5, 5.41) is 14.8. The molecule has 0 saturated carbocycles. The lowest BCUT2D eigenvalue weighted by atomic mass is 10.1. The van der Waals surface area contributed by atoms with E-state index in [1.165, 1.54) is 6.33 Å². The van der Waals surface area contributed by atoms with Crippen molar-refractivity contribution in [1.82, 2.24) is 29.7 Å². The molecule has 1 aromatic carbocycles. The fourth-order valence-corrected chi connectivity index (χ4v) is 3.41. The summed E-state index contributed by atoms with van der Waals surface area (Å²) < 4.78 is 7.10. The number of nitrogens with two attached hydrogens (primary N) is 1.